The predicted molar refractivity (Wildman–Crippen MR) is 103 cm³/mol. The predicted octanol–water partition coefficient (Wildman–Crippen LogP) is 4.46. The summed E-state index contributed by atoms with van der Waals surface area (Å²) in [7, 11) is 0. The zero-order chi connectivity index (χ0) is 17.6. The molecule has 1 saturated heterocycles. The van der Waals surface area contributed by atoms with Gasteiger partial charge in [0.15, 0.2) is 0 Å². The summed E-state index contributed by atoms with van der Waals surface area (Å²) in [6, 6.07) is 16.0. The Kier molecular flexibility index (Phi) is 5.38. The molecule has 0 spiro atoms. The third-order valence-corrected chi connectivity index (χ3v) is 4.49. The van der Waals surface area contributed by atoms with E-state index in [1.54, 1.807) is 6.20 Å². The molecule has 4 rings (SSSR count). The maximum atomic E-state index is 5.84. The Balaban J connectivity index is 1.37. The average molecular weight is 349 g/mol. The van der Waals surface area contributed by atoms with Crippen molar-refractivity contribution in [2.45, 2.75) is 32.0 Å². The van der Waals surface area contributed by atoms with Crippen molar-refractivity contribution in [2.24, 2.45) is 0 Å². The summed E-state index contributed by atoms with van der Waals surface area (Å²) in [5.41, 5.74) is 3.87. The van der Waals surface area contributed by atoms with E-state index in [1.807, 2.05) is 36.4 Å². The van der Waals surface area contributed by atoms with Gasteiger partial charge in [-0.1, -0.05) is 24.3 Å². The second-order valence-electron chi connectivity index (χ2n) is 6.57. The summed E-state index contributed by atoms with van der Waals surface area (Å²) in [5.74, 6) is 0.734. The molecule has 0 radical (unpaired) electrons. The van der Waals surface area contributed by atoms with Crippen molar-refractivity contribution in [3.8, 4) is 0 Å². The van der Waals surface area contributed by atoms with Crippen LogP contribution in [0.15, 0.2) is 54.7 Å². The van der Waals surface area contributed by atoms with Crippen molar-refractivity contribution in [3.63, 3.8) is 0 Å². The normalized spacial score (nSPS) is 17.3. The second-order valence-corrected chi connectivity index (χ2v) is 6.57. The highest BCUT2D eigenvalue weighted by atomic mass is 16.5. The summed E-state index contributed by atoms with van der Waals surface area (Å²) >= 11 is 0. The van der Waals surface area contributed by atoms with Crippen LogP contribution in [-0.4, -0.2) is 29.3 Å². The molecule has 1 N–H and O–H groups in total. The molecule has 0 amide bonds. The van der Waals surface area contributed by atoms with Crippen molar-refractivity contribution >= 4 is 22.5 Å². The number of ether oxygens (including phenoxy) is 2. The van der Waals surface area contributed by atoms with E-state index in [4.69, 9.17) is 9.47 Å². The Morgan fingerprint density at radius 3 is 2.88 bits per heavy atom. The van der Waals surface area contributed by atoms with Gasteiger partial charge in [0.25, 0.3) is 0 Å². The first-order valence-corrected chi connectivity index (χ1v) is 9.14. The van der Waals surface area contributed by atoms with Gasteiger partial charge in [0.1, 0.15) is 5.82 Å². The van der Waals surface area contributed by atoms with E-state index in [0.717, 1.165) is 41.1 Å². The van der Waals surface area contributed by atoms with Gasteiger partial charge in [0.05, 0.1) is 36.5 Å². The monoisotopic (exact) mass is 349 g/mol. The minimum atomic E-state index is 0.248. The fourth-order valence-corrected chi connectivity index (χ4v) is 3.15. The fourth-order valence-electron chi connectivity index (χ4n) is 3.15. The van der Waals surface area contributed by atoms with Crippen molar-refractivity contribution in [3.05, 3.63) is 60.3 Å². The van der Waals surface area contributed by atoms with Crippen LogP contribution in [0.25, 0.3) is 11.0 Å². The first kappa shape index (κ1) is 16.9. The highest BCUT2D eigenvalue weighted by Gasteiger charge is 2.13. The molecule has 26 heavy (non-hydrogen) atoms. The van der Waals surface area contributed by atoms with Crippen LogP contribution in [0.4, 0.5) is 11.5 Å². The van der Waals surface area contributed by atoms with E-state index in [0.29, 0.717) is 13.2 Å². The number of nitrogens with zero attached hydrogens (tertiary/aromatic N) is 2. The molecular formula is C21H23N3O2. The Morgan fingerprint density at radius 1 is 1.08 bits per heavy atom. The van der Waals surface area contributed by atoms with Gasteiger partial charge in [0.2, 0.25) is 0 Å². The third-order valence-electron chi connectivity index (χ3n) is 4.49. The SMILES string of the molecule is c1cc(COC[C@H]2CCCCO2)cc(Nc2cnc3ccccc3n2)c1. The Hall–Kier alpha value is -2.50. The quantitative estimate of drug-likeness (QED) is 0.712. The number of para-hydroxylation sites is 2. The van der Waals surface area contributed by atoms with Gasteiger partial charge in [-0.3, -0.25) is 4.98 Å². The lowest BCUT2D eigenvalue weighted by Gasteiger charge is -2.22. The molecule has 0 unspecified atom stereocenters. The standard InChI is InChI=1S/C21H23N3O2/c1-2-10-20-19(9-1)22-13-21(24-20)23-17-7-5-6-16(12-17)14-25-15-18-8-3-4-11-26-18/h1-2,5-7,9-10,12-13,18H,3-4,8,11,14-15H2,(H,23,24)/t18-/m1/s1. The fraction of sp³-hybridized carbons (Fsp3) is 0.333. The van der Waals surface area contributed by atoms with E-state index in [9.17, 15) is 0 Å². The van der Waals surface area contributed by atoms with Crippen LogP contribution in [0.3, 0.4) is 0 Å². The Morgan fingerprint density at radius 2 is 2.00 bits per heavy atom. The number of aromatic nitrogens is 2. The largest absolute Gasteiger partial charge is 0.376 e. The molecule has 1 atom stereocenters. The van der Waals surface area contributed by atoms with Crippen LogP contribution in [-0.2, 0) is 16.1 Å². The highest BCUT2D eigenvalue weighted by molar-refractivity contribution is 5.76. The Bertz CT molecular complexity index is 863. The zero-order valence-electron chi connectivity index (χ0n) is 14.7. The van der Waals surface area contributed by atoms with Crippen molar-refractivity contribution in [1.82, 2.24) is 9.97 Å². The minimum Gasteiger partial charge on any atom is -0.376 e. The van der Waals surface area contributed by atoms with Gasteiger partial charge >= 0.3 is 0 Å². The molecule has 134 valence electrons. The first-order chi connectivity index (χ1) is 12.9. The lowest BCUT2D eigenvalue weighted by molar-refractivity contribution is -0.0447. The van der Waals surface area contributed by atoms with Gasteiger partial charge < -0.3 is 14.8 Å². The van der Waals surface area contributed by atoms with Gasteiger partial charge in [-0.15, -0.1) is 0 Å². The van der Waals surface area contributed by atoms with Crippen LogP contribution >= 0.6 is 0 Å². The molecular weight excluding hydrogens is 326 g/mol. The first-order valence-electron chi connectivity index (χ1n) is 9.14. The van der Waals surface area contributed by atoms with Crippen LogP contribution in [0.5, 0.6) is 0 Å². The summed E-state index contributed by atoms with van der Waals surface area (Å²) in [6.45, 7) is 2.10. The van der Waals surface area contributed by atoms with E-state index in [1.165, 1.54) is 12.8 Å². The van der Waals surface area contributed by atoms with E-state index < -0.39 is 0 Å². The smallest absolute Gasteiger partial charge is 0.149 e. The van der Waals surface area contributed by atoms with Gasteiger partial charge in [-0.25, -0.2) is 4.98 Å². The number of hydrogen-bond donors (Lipinski definition) is 1. The number of nitrogens with one attached hydrogen (secondary N) is 1. The summed E-state index contributed by atoms with van der Waals surface area (Å²) in [6.07, 6.45) is 5.51. The van der Waals surface area contributed by atoms with Crippen LogP contribution < -0.4 is 5.32 Å². The summed E-state index contributed by atoms with van der Waals surface area (Å²) < 4.78 is 11.5. The molecule has 1 aliphatic rings. The summed E-state index contributed by atoms with van der Waals surface area (Å²) in [4.78, 5) is 9.04. The molecule has 0 aliphatic carbocycles. The molecule has 2 heterocycles. The molecule has 2 aromatic carbocycles. The minimum absolute atomic E-state index is 0.248. The molecule has 5 heteroatoms. The third kappa shape index (κ3) is 4.36. The van der Waals surface area contributed by atoms with E-state index in [-0.39, 0.29) is 6.10 Å². The highest BCUT2D eigenvalue weighted by Crippen LogP contribution is 2.19. The molecule has 5 nitrogen and oxygen atoms in total. The topological polar surface area (TPSA) is 56.3 Å². The lowest BCUT2D eigenvalue weighted by atomic mass is 10.1. The number of benzene rings is 2. The zero-order valence-corrected chi connectivity index (χ0v) is 14.7. The van der Waals surface area contributed by atoms with Crippen LogP contribution in [0.1, 0.15) is 24.8 Å². The van der Waals surface area contributed by atoms with Crippen LogP contribution in [0.2, 0.25) is 0 Å². The van der Waals surface area contributed by atoms with Gasteiger partial charge in [-0.05, 0) is 49.1 Å². The van der Waals surface area contributed by atoms with Crippen molar-refractivity contribution in [1.29, 1.82) is 0 Å². The van der Waals surface area contributed by atoms with E-state index >= 15 is 0 Å². The second kappa shape index (κ2) is 8.25. The van der Waals surface area contributed by atoms with Crippen molar-refractivity contribution < 1.29 is 9.47 Å². The number of hydrogen-bond acceptors (Lipinski definition) is 5. The number of anilines is 2. The molecule has 0 saturated carbocycles. The van der Waals surface area contributed by atoms with E-state index in [2.05, 4.69) is 27.4 Å². The maximum Gasteiger partial charge on any atom is 0.149 e. The molecule has 3 aromatic rings. The molecule has 1 aromatic heterocycles. The van der Waals surface area contributed by atoms with Gasteiger partial charge in [-0.2, -0.15) is 0 Å². The van der Waals surface area contributed by atoms with Crippen LogP contribution in [0, 0.1) is 0 Å². The Labute approximate surface area is 153 Å². The molecule has 0 bridgehead atoms. The number of rotatable bonds is 6. The number of fused-ring (bicyclic) bond motifs is 1. The summed E-state index contributed by atoms with van der Waals surface area (Å²) in [5, 5.41) is 3.32. The molecule has 1 aliphatic heterocycles. The lowest BCUT2D eigenvalue weighted by Crippen LogP contribution is -2.24. The van der Waals surface area contributed by atoms with Crippen molar-refractivity contribution in [2.75, 3.05) is 18.5 Å². The average Bonchev–Trinajstić information content (AvgIpc) is 2.69. The maximum absolute atomic E-state index is 5.84. The molecule has 1 fully saturated rings. The van der Waals surface area contributed by atoms with Gasteiger partial charge in [0, 0.05) is 12.3 Å².